The second-order valence-electron chi connectivity index (χ2n) is 9.55. The predicted molar refractivity (Wildman–Crippen MR) is 111 cm³/mol. The van der Waals surface area contributed by atoms with Crippen LogP contribution in [0.5, 0.6) is 0 Å². The fourth-order valence-corrected chi connectivity index (χ4v) is 5.88. The zero-order valence-electron chi connectivity index (χ0n) is 17.9. The molecule has 32 heavy (non-hydrogen) atoms. The van der Waals surface area contributed by atoms with Crippen molar-refractivity contribution >= 4 is 29.4 Å². The van der Waals surface area contributed by atoms with Gasteiger partial charge in [-0.1, -0.05) is 26.0 Å². The number of ether oxygens (including phenoxy) is 1. The van der Waals surface area contributed by atoms with E-state index in [1.54, 1.807) is 13.8 Å². The van der Waals surface area contributed by atoms with Crippen molar-refractivity contribution in [3.05, 3.63) is 42.2 Å². The van der Waals surface area contributed by atoms with Gasteiger partial charge in [0.1, 0.15) is 11.9 Å². The van der Waals surface area contributed by atoms with Crippen molar-refractivity contribution < 1.29 is 28.3 Å². The van der Waals surface area contributed by atoms with Crippen LogP contribution < -0.4 is 5.32 Å². The van der Waals surface area contributed by atoms with Crippen LogP contribution in [0, 0.1) is 47.2 Å². The number of esters is 1. The SMILES string of the molecule is CC(C)C(C(=O)OCC(=O)Nc1ccc(F)cc1)N1C(=O)C2C3C=CC(C4CC34)C2C1=O. The molecule has 2 bridgehead atoms. The third-order valence-corrected chi connectivity index (χ3v) is 7.32. The lowest BCUT2D eigenvalue weighted by molar-refractivity contribution is -0.162. The second-order valence-corrected chi connectivity index (χ2v) is 9.55. The van der Waals surface area contributed by atoms with Crippen molar-refractivity contribution in [1.29, 1.82) is 0 Å². The van der Waals surface area contributed by atoms with Gasteiger partial charge in [-0.15, -0.1) is 0 Å². The summed E-state index contributed by atoms with van der Waals surface area (Å²) in [6.07, 6.45) is 5.23. The molecule has 1 aromatic rings. The van der Waals surface area contributed by atoms with Crippen LogP contribution in [-0.4, -0.2) is 41.2 Å². The molecule has 3 amide bonds. The van der Waals surface area contributed by atoms with Crippen LogP contribution in [0.3, 0.4) is 0 Å². The Hall–Kier alpha value is -3.03. The Morgan fingerprint density at radius 2 is 1.62 bits per heavy atom. The van der Waals surface area contributed by atoms with Gasteiger partial charge in [0.05, 0.1) is 11.8 Å². The number of benzene rings is 1. The van der Waals surface area contributed by atoms with Crippen LogP contribution in [0.25, 0.3) is 0 Å². The highest BCUT2D eigenvalue weighted by Crippen LogP contribution is 2.65. The summed E-state index contributed by atoms with van der Waals surface area (Å²) in [5.74, 6) is -2.45. The molecule has 8 heteroatoms. The summed E-state index contributed by atoms with van der Waals surface area (Å²) in [6.45, 7) is 2.92. The zero-order chi connectivity index (χ0) is 22.7. The van der Waals surface area contributed by atoms with Gasteiger partial charge in [0.15, 0.2) is 6.61 Å². The highest BCUT2D eigenvalue weighted by Gasteiger charge is 2.68. The van der Waals surface area contributed by atoms with Crippen LogP contribution in [0.15, 0.2) is 36.4 Å². The van der Waals surface area contributed by atoms with Crippen molar-refractivity contribution in [2.45, 2.75) is 26.3 Å². The lowest BCUT2D eigenvalue weighted by Gasteiger charge is -2.37. The number of hydrogen-bond acceptors (Lipinski definition) is 5. The van der Waals surface area contributed by atoms with E-state index >= 15 is 0 Å². The van der Waals surface area contributed by atoms with Crippen LogP contribution in [0.1, 0.15) is 20.3 Å². The summed E-state index contributed by atoms with van der Waals surface area (Å²) >= 11 is 0. The number of likely N-dealkylation sites (tertiary alicyclic amines) is 1. The van der Waals surface area contributed by atoms with Crippen LogP contribution in [0.2, 0.25) is 0 Å². The van der Waals surface area contributed by atoms with Crippen molar-refractivity contribution in [3.63, 3.8) is 0 Å². The largest absolute Gasteiger partial charge is 0.454 e. The van der Waals surface area contributed by atoms with Gasteiger partial charge in [-0.05, 0) is 60.3 Å². The van der Waals surface area contributed by atoms with Gasteiger partial charge in [0, 0.05) is 5.69 Å². The smallest absolute Gasteiger partial charge is 0.330 e. The molecule has 2 saturated carbocycles. The highest BCUT2D eigenvalue weighted by molar-refractivity contribution is 6.09. The molecule has 3 fully saturated rings. The molecule has 0 radical (unpaired) electrons. The van der Waals surface area contributed by atoms with Gasteiger partial charge in [-0.25, -0.2) is 9.18 Å². The number of carbonyl (C=O) groups is 4. The first kappa shape index (κ1) is 20.8. The zero-order valence-corrected chi connectivity index (χ0v) is 17.9. The fourth-order valence-electron chi connectivity index (χ4n) is 5.88. The third-order valence-electron chi connectivity index (χ3n) is 7.32. The number of nitrogens with zero attached hydrogens (tertiary/aromatic N) is 1. The quantitative estimate of drug-likeness (QED) is 0.417. The Morgan fingerprint density at radius 1 is 1.06 bits per heavy atom. The fraction of sp³-hybridized carbons (Fsp3) is 0.500. The van der Waals surface area contributed by atoms with Gasteiger partial charge in [0.2, 0.25) is 11.8 Å². The molecule has 7 unspecified atom stereocenters. The summed E-state index contributed by atoms with van der Waals surface area (Å²) in [7, 11) is 0. The third kappa shape index (κ3) is 3.24. The molecule has 5 aliphatic rings. The van der Waals surface area contributed by atoms with E-state index in [0.717, 1.165) is 11.3 Å². The molecule has 0 aromatic heterocycles. The topological polar surface area (TPSA) is 92.8 Å². The second kappa shape index (κ2) is 7.53. The van der Waals surface area contributed by atoms with Crippen molar-refractivity contribution in [2.24, 2.45) is 41.4 Å². The van der Waals surface area contributed by atoms with Crippen molar-refractivity contribution in [2.75, 3.05) is 11.9 Å². The van der Waals surface area contributed by atoms with Gasteiger partial charge in [0.25, 0.3) is 5.91 Å². The van der Waals surface area contributed by atoms with Gasteiger partial charge in [-0.3, -0.25) is 19.3 Å². The maximum absolute atomic E-state index is 13.3. The first-order valence-electron chi connectivity index (χ1n) is 11.0. The van der Waals surface area contributed by atoms with Crippen molar-refractivity contribution in [3.8, 4) is 0 Å². The first-order valence-corrected chi connectivity index (χ1v) is 11.0. The van der Waals surface area contributed by atoms with E-state index in [-0.39, 0.29) is 29.6 Å². The minimum atomic E-state index is -1.07. The van der Waals surface area contributed by atoms with Crippen molar-refractivity contribution in [1.82, 2.24) is 4.90 Å². The Bertz CT molecular complexity index is 984. The number of rotatable bonds is 6. The molecule has 1 saturated heterocycles. The standard InChI is InChI=1S/C24H25FN2O5/c1-11(2)21(24(31)32-10-18(28)26-13-5-3-12(25)4-6-13)27-22(29)19-14-7-8-15(17-9-16(14)17)20(19)23(27)30/h3-8,11,14-17,19-21H,9-10H2,1-2H3,(H,26,28). The molecule has 0 spiro atoms. The Labute approximate surface area is 185 Å². The predicted octanol–water partition coefficient (Wildman–Crippen LogP) is 2.39. The maximum Gasteiger partial charge on any atom is 0.330 e. The highest BCUT2D eigenvalue weighted by atomic mass is 19.1. The average molecular weight is 440 g/mol. The first-order chi connectivity index (χ1) is 15.3. The normalized spacial score (nSPS) is 32.6. The number of allylic oxidation sites excluding steroid dienone is 2. The van der Waals surface area contributed by atoms with Gasteiger partial charge >= 0.3 is 5.97 Å². The molecule has 1 N–H and O–H groups in total. The number of amides is 3. The van der Waals surface area contributed by atoms with Crippen LogP contribution in [0.4, 0.5) is 10.1 Å². The van der Waals surface area contributed by atoms with E-state index in [1.165, 1.54) is 24.3 Å². The molecule has 7 nitrogen and oxygen atoms in total. The van der Waals surface area contributed by atoms with E-state index in [2.05, 4.69) is 17.5 Å². The summed E-state index contributed by atoms with van der Waals surface area (Å²) in [6, 6.07) is 4.11. The molecule has 6 rings (SSSR count). The van der Waals surface area contributed by atoms with E-state index in [1.807, 2.05) is 0 Å². The number of halogens is 1. The lowest BCUT2D eigenvalue weighted by Crippen LogP contribution is -2.49. The molecule has 7 atom stereocenters. The minimum absolute atomic E-state index is 0.0711. The maximum atomic E-state index is 13.3. The number of hydrogen-bond donors (Lipinski definition) is 1. The van der Waals surface area contributed by atoms with E-state index in [0.29, 0.717) is 17.5 Å². The van der Waals surface area contributed by atoms with Gasteiger partial charge < -0.3 is 10.1 Å². The van der Waals surface area contributed by atoms with Gasteiger partial charge in [-0.2, -0.15) is 0 Å². The summed E-state index contributed by atoms with van der Waals surface area (Å²) in [5.41, 5.74) is 0.364. The molecule has 4 aliphatic carbocycles. The summed E-state index contributed by atoms with van der Waals surface area (Å²) < 4.78 is 18.2. The molecular weight excluding hydrogens is 415 g/mol. The van der Waals surface area contributed by atoms with E-state index in [4.69, 9.17) is 4.74 Å². The molecule has 1 aliphatic heterocycles. The molecule has 1 heterocycles. The molecule has 1 aromatic carbocycles. The van der Waals surface area contributed by atoms with Crippen LogP contribution >= 0.6 is 0 Å². The lowest BCUT2D eigenvalue weighted by atomic mass is 9.63. The number of carbonyl (C=O) groups excluding carboxylic acids is 4. The number of nitrogens with one attached hydrogen (secondary N) is 1. The summed E-state index contributed by atoms with van der Waals surface area (Å²) in [5, 5.41) is 2.51. The minimum Gasteiger partial charge on any atom is -0.454 e. The monoisotopic (exact) mass is 440 g/mol. The van der Waals surface area contributed by atoms with E-state index < -0.39 is 42.2 Å². The Morgan fingerprint density at radius 3 is 2.16 bits per heavy atom. The van der Waals surface area contributed by atoms with Crippen LogP contribution in [-0.2, 0) is 23.9 Å². The number of anilines is 1. The summed E-state index contributed by atoms with van der Waals surface area (Å²) in [4.78, 5) is 52.8. The Balaban J connectivity index is 1.27. The molecule has 168 valence electrons. The van der Waals surface area contributed by atoms with E-state index in [9.17, 15) is 23.6 Å². The molecular formula is C24H25FN2O5. The number of imide groups is 1. The average Bonchev–Trinajstić information content (AvgIpc) is 3.54. The Kier molecular flexibility index (Phi) is 4.91.